The van der Waals surface area contributed by atoms with Crippen LogP contribution < -0.4 is 0 Å². The molecule has 0 saturated heterocycles. The molecule has 0 radical (unpaired) electrons. The van der Waals surface area contributed by atoms with E-state index in [0.29, 0.717) is 6.42 Å². The van der Waals surface area contributed by atoms with Crippen molar-refractivity contribution < 1.29 is 4.79 Å². The number of benzene rings is 3. The van der Waals surface area contributed by atoms with Crippen LogP contribution in [0.1, 0.15) is 42.4 Å². The Balaban J connectivity index is 2.15. The van der Waals surface area contributed by atoms with E-state index >= 15 is 0 Å². The molecule has 3 rings (SSSR count). The molecule has 2 heteroatoms. The third kappa shape index (κ3) is 4.17. The number of carbonyl (C=O) groups is 1. The Morgan fingerprint density at radius 3 is 1.41 bits per heavy atom. The van der Waals surface area contributed by atoms with Crippen LogP contribution >= 0.6 is 12.6 Å². The second kappa shape index (κ2) is 9.57. The van der Waals surface area contributed by atoms with E-state index in [0.717, 1.165) is 41.7 Å². The maximum absolute atomic E-state index is 13.8. The van der Waals surface area contributed by atoms with E-state index in [1.807, 2.05) is 54.6 Å². The van der Waals surface area contributed by atoms with Crippen LogP contribution in [0.3, 0.4) is 0 Å². The summed E-state index contributed by atoms with van der Waals surface area (Å²) in [6, 6.07) is 30.6. The summed E-state index contributed by atoms with van der Waals surface area (Å²) in [4.78, 5) is 13.8. The number of unbranched alkanes of at least 4 members (excludes halogenated alkanes) is 2. The molecule has 0 aliphatic carbocycles. The van der Waals surface area contributed by atoms with Gasteiger partial charge in [0.15, 0.2) is 5.78 Å². The Hall–Kier alpha value is -2.32. The van der Waals surface area contributed by atoms with Gasteiger partial charge in [0.05, 0.1) is 0 Å². The summed E-state index contributed by atoms with van der Waals surface area (Å²) in [6.07, 6.45) is 3.54. The zero-order valence-electron chi connectivity index (χ0n) is 15.6. The molecule has 0 aliphatic rings. The first-order valence-electron chi connectivity index (χ1n) is 9.61. The second-order valence-electron chi connectivity index (χ2n) is 6.81. The Kier molecular flexibility index (Phi) is 6.89. The van der Waals surface area contributed by atoms with Crippen molar-refractivity contribution in [3.63, 3.8) is 0 Å². The molecule has 27 heavy (non-hydrogen) atoms. The SMILES string of the molecule is O=C(CCCCCS)C(c1ccccc1)(c1ccccc1)c1ccccc1. The highest BCUT2D eigenvalue weighted by Crippen LogP contribution is 2.41. The number of Topliss-reactive ketones (excluding diaryl/α,β-unsaturated/α-hetero) is 1. The van der Waals surface area contributed by atoms with E-state index in [9.17, 15) is 4.79 Å². The quantitative estimate of drug-likeness (QED) is 0.273. The van der Waals surface area contributed by atoms with Crippen molar-refractivity contribution in [3.8, 4) is 0 Å². The molecule has 0 heterocycles. The lowest BCUT2D eigenvalue weighted by Crippen LogP contribution is -2.38. The lowest BCUT2D eigenvalue weighted by Gasteiger charge is -2.34. The number of hydrogen-bond donors (Lipinski definition) is 1. The molecule has 0 unspecified atom stereocenters. The van der Waals surface area contributed by atoms with E-state index < -0.39 is 5.41 Å². The molecule has 0 aromatic heterocycles. The maximum Gasteiger partial charge on any atom is 0.152 e. The molecule has 0 amide bonds. The zero-order valence-corrected chi connectivity index (χ0v) is 16.4. The van der Waals surface area contributed by atoms with Crippen molar-refractivity contribution in [2.45, 2.75) is 31.1 Å². The van der Waals surface area contributed by atoms with Crippen LogP contribution in [0.5, 0.6) is 0 Å². The molecule has 0 saturated carbocycles. The molecule has 0 N–H and O–H groups in total. The van der Waals surface area contributed by atoms with Crippen molar-refractivity contribution in [2.75, 3.05) is 5.75 Å². The predicted octanol–water partition coefficient (Wildman–Crippen LogP) is 6.08. The number of carbonyl (C=O) groups excluding carboxylic acids is 1. The fraction of sp³-hybridized carbons (Fsp3) is 0.240. The van der Waals surface area contributed by atoms with Crippen LogP contribution in [0.4, 0.5) is 0 Å². The lowest BCUT2D eigenvalue weighted by molar-refractivity contribution is -0.122. The van der Waals surface area contributed by atoms with Gasteiger partial charge in [-0.05, 0) is 35.3 Å². The van der Waals surface area contributed by atoms with Crippen molar-refractivity contribution in [2.24, 2.45) is 0 Å². The van der Waals surface area contributed by atoms with Crippen molar-refractivity contribution >= 4 is 18.4 Å². The third-order valence-corrected chi connectivity index (χ3v) is 5.42. The van der Waals surface area contributed by atoms with Crippen LogP contribution in [0.15, 0.2) is 91.0 Å². The number of ketones is 1. The topological polar surface area (TPSA) is 17.1 Å². The average molecular weight is 375 g/mol. The maximum atomic E-state index is 13.8. The highest BCUT2D eigenvalue weighted by atomic mass is 32.1. The highest BCUT2D eigenvalue weighted by molar-refractivity contribution is 7.80. The minimum absolute atomic E-state index is 0.255. The van der Waals surface area contributed by atoms with Crippen LogP contribution in [0.2, 0.25) is 0 Å². The van der Waals surface area contributed by atoms with Gasteiger partial charge in [0, 0.05) is 6.42 Å². The van der Waals surface area contributed by atoms with Gasteiger partial charge in [0.1, 0.15) is 5.41 Å². The molecular formula is C25H26OS. The first kappa shape index (κ1) is 19.4. The molecule has 1 nitrogen and oxygen atoms in total. The summed E-state index contributed by atoms with van der Waals surface area (Å²) in [6.45, 7) is 0. The van der Waals surface area contributed by atoms with Crippen molar-refractivity contribution in [1.82, 2.24) is 0 Å². The third-order valence-electron chi connectivity index (χ3n) is 5.10. The molecule has 138 valence electrons. The summed E-state index contributed by atoms with van der Waals surface area (Å²) in [5.41, 5.74) is 2.31. The Bertz CT molecular complexity index is 731. The average Bonchev–Trinajstić information content (AvgIpc) is 2.74. The Morgan fingerprint density at radius 2 is 1.04 bits per heavy atom. The summed E-state index contributed by atoms with van der Waals surface area (Å²) in [5.74, 6) is 1.13. The van der Waals surface area contributed by atoms with Gasteiger partial charge < -0.3 is 0 Å². The van der Waals surface area contributed by atoms with Gasteiger partial charge in [-0.15, -0.1) is 0 Å². The van der Waals surface area contributed by atoms with Crippen LogP contribution in [0, 0.1) is 0 Å². The van der Waals surface area contributed by atoms with E-state index in [1.54, 1.807) is 0 Å². The second-order valence-corrected chi connectivity index (χ2v) is 7.25. The molecule has 0 fully saturated rings. The van der Waals surface area contributed by atoms with Gasteiger partial charge in [0.25, 0.3) is 0 Å². The number of rotatable bonds is 9. The first-order chi connectivity index (χ1) is 13.3. The molecule has 0 atom stereocenters. The molecule has 3 aromatic carbocycles. The molecule has 0 bridgehead atoms. The van der Waals surface area contributed by atoms with Gasteiger partial charge in [-0.25, -0.2) is 0 Å². The van der Waals surface area contributed by atoms with Crippen LogP contribution in [-0.2, 0) is 10.2 Å². The monoisotopic (exact) mass is 374 g/mol. The molecule has 3 aromatic rings. The summed E-state index contributed by atoms with van der Waals surface area (Å²) in [5, 5.41) is 0. The van der Waals surface area contributed by atoms with Gasteiger partial charge in [-0.1, -0.05) is 97.4 Å². The van der Waals surface area contributed by atoms with E-state index in [1.165, 1.54) is 0 Å². The van der Waals surface area contributed by atoms with Crippen molar-refractivity contribution in [3.05, 3.63) is 108 Å². The minimum Gasteiger partial charge on any atom is -0.298 e. The van der Waals surface area contributed by atoms with Gasteiger partial charge in [0.2, 0.25) is 0 Å². The largest absolute Gasteiger partial charge is 0.298 e. The van der Waals surface area contributed by atoms with Gasteiger partial charge >= 0.3 is 0 Å². The summed E-state index contributed by atoms with van der Waals surface area (Å²) >= 11 is 4.29. The predicted molar refractivity (Wildman–Crippen MR) is 117 cm³/mol. The summed E-state index contributed by atoms with van der Waals surface area (Å²) < 4.78 is 0. The van der Waals surface area contributed by atoms with E-state index in [-0.39, 0.29) is 5.78 Å². The van der Waals surface area contributed by atoms with E-state index in [2.05, 4.69) is 49.0 Å². The zero-order chi connectivity index (χ0) is 19.0. The Labute approximate surface area is 167 Å². The molecule has 0 aliphatic heterocycles. The van der Waals surface area contributed by atoms with E-state index in [4.69, 9.17) is 0 Å². The fourth-order valence-electron chi connectivity index (χ4n) is 3.81. The van der Waals surface area contributed by atoms with Crippen LogP contribution in [0.25, 0.3) is 0 Å². The molecular weight excluding hydrogens is 348 g/mol. The van der Waals surface area contributed by atoms with Crippen molar-refractivity contribution in [1.29, 1.82) is 0 Å². The number of hydrogen-bond acceptors (Lipinski definition) is 2. The highest BCUT2D eigenvalue weighted by Gasteiger charge is 2.42. The van der Waals surface area contributed by atoms with Gasteiger partial charge in [-0.3, -0.25) is 4.79 Å². The lowest BCUT2D eigenvalue weighted by atomic mass is 9.65. The standard InChI is InChI=1S/C25H26OS/c26-24(19-11-4-12-20-27)25(21-13-5-1-6-14-21,22-15-7-2-8-16-22)23-17-9-3-10-18-23/h1-3,5-10,13-18,27H,4,11-12,19-20H2. The summed E-state index contributed by atoms with van der Waals surface area (Å²) in [7, 11) is 0. The van der Waals surface area contributed by atoms with Crippen LogP contribution in [-0.4, -0.2) is 11.5 Å². The minimum atomic E-state index is -0.773. The smallest absolute Gasteiger partial charge is 0.152 e. The molecule has 0 spiro atoms. The fourth-order valence-corrected chi connectivity index (χ4v) is 4.03. The van der Waals surface area contributed by atoms with Gasteiger partial charge in [-0.2, -0.15) is 12.6 Å². The Morgan fingerprint density at radius 1 is 0.630 bits per heavy atom. The number of thiol groups is 1. The first-order valence-corrected chi connectivity index (χ1v) is 10.2. The normalized spacial score (nSPS) is 11.3.